The molecular weight excluding hydrogens is 238 g/mol. The van der Waals surface area contributed by atoms with Gasteiger partial charge in [0.05, 0.1) is 6.42 Å². The number of carbonyl (C=O) groups excluding carboxylic acids is 2. The number of benzene rings is 1. The van der Waals surface area contributed by atoms with Crippen LogP contribution in [0.3, 0.4) is 0 Å². The fourth-order valence-electron chi connectivity index (χ4n) is 1.92. The fourth-order valence-corrected chi connectivity index (χ4v) is 1.92. The van der Waals surface area contributed by atoms with Gasteiger partial charge in [-0.15, -0.1) is 0 Å². The standard InChI is InChI=1S/C16H15NO2/c1-11-3-4-12(2)14(9-11)16(19)10-15(18)13-5-7-17-8-6-13/h3-9H,10H2,1-2H3. The first kappa shape index (κ1) is 13.1. The zero-order chi connectivity index (χ0) is 13.8. The van der Waals surface area contributed by atoms with Crippen molar-refractivity contribution in [2.45, 2.75) is 20.3 Å². The molecule has 0 spiro atoms. The number of nitrogens with zero attached hydrogens (tertiary/aromatic N) is 1. The summed E-state index contributed by atoms with van der Waals surface area (Å²) in [6.07, 6.45) is 3.00. The highest BCUT2D eigenvalue weighted by Crippen LogP contribution is 2.14. The van der Waals surface area contributed by atoms with Crippen LogP contribution < -0.4 is 0 Å². The van der Waals surface area contributed by atoms with Crippen LogP contribution in [0.4, 0.5) is 0 Å². The van der Waals surface area contributed by atoms with E-state index in [1.54, 1.807) is 24.5 Å². The molecule has 0 aliphatic heterocycles. The predicted octanol–water partition coefficient (Wildman–Crippen LogP) is 3.15. The third-order valence-corrected chi connectivity index (χ3v) is 3.02. The molecular formula is C16H15NO2. The molecule has 0 atom stereocenters. The van der Waals surface area contributed by atoms with Crippen molar-refractivity contribution in [2.24, 2.45) is 0 Å². The van der Waals surface area contributed by atoms with Crippen molar-refractivity contribution in [2.75, 3.05) is 0 Å². The Bertz CT molecular complexity index is 618. The topological polar surface area (TPSA) is 47.0 Å². The lowest BCUT2D eigenvalue weighted by molar-refractivity contribution is 0.0894. The monoisotopic (exact) mass is 253 g/mol. The summed E-state index contributed by atoms with van der Waals surface area (Å²) in [6.45, 7) is 3.81. The van der Waals surface area contributed by atoms with Crippen molar-refractivity contribution in [3.63, 3.8) is 0 Å². The SMILES string of the molecule is Cc1ccc(C)c(C(=O)CC(=O)c2ccncc2)c1. The van der Waals surface area contributed by atoms with Crippen molar-refractivity contribution in [1.29, 1.82) is 0 Å². The van der Waals surface area contributed by atoms with Crippen LogP contribution in [0.2, 0.25) is 0 Å². The average molecular weight is 253 g/mol. The first-order chi connectivity index (χ1) is 9.08. The highest BCUT2D eigenvalue weighted by molar-refractivity contribution is 6.13. The fraction of sp³-hybridized carbons (Fsp3) is 0.188. The minimum atomic E-state index is -0.173. The van der Waals surface area contributed by atoms with Crippen molar-refractivity contribution < 1.29 is 9.59 Å². The normalized spacial score (nSPS) is 10.2. The van der Waals surface area contributed by atoms with E-state index in [9.17, 15) is 9.59 Å². The number of carbonyl (C=O) groups is 2. The summed E-state index contributed by atoms with van der Waals surface area (Å²) >= 11 is 0. The number of hydrogen-bond acceptors (Lipinski definition) is 3. The van der Waals surface area contributed by atoms with E-state index in [-0.39, 0.29) is 18.0 Å². The third-order valence-electron chi connectivity index (χ3n) is 3.02. The molecule has 96 valence electrons. The van der Waals surface area contributed by atoms with E-state index in [1.807, 2.05) is 32.0 Å². The number of rotatable bonds is 4. The lowest BCUT2D eigenvalue weighted by atomic mass is 9.97. The summed E-state index contributed by atoms with van der Waals surface area (Å²) in [6, 6.07) is 8.94. The highest BCUT2D eigenvalue weighted by atomic mass is 16.1. The highest BCUT2D eigenvalue weighted by Gasteiger charge is 2.15. The van der Waals surface area contributed by atoms with E-state index in [2.05, 4.69) is 4.98 Å². The molecule has 3 heteroatoms. The molecule has 1 heterocycles. The number of ketones is 2. The summed E-state index contributed by atoms with van der Waals surface area (Å²) in [7, 11) is 0. The Hall–Kier alpha value is -2.29. The smallest absolute Gasteiger partial charge is 0.170 e. The Kier molecular flexibility index (Phi) is 3.85. The molecule has 1 aromatic carbocycles. The van der Waals surface area contributed by atoms with E-state index in [0.29, 0.717) is 11.1 Å². The molecule has 0 radical (unpaired) electrons. The molecule has 1 aromatic heterocycles. The second-order valence-corrected chi connectivity index (χ2v) is 4.58. The first-order valence-electron chi connectivity index (χ1n) is 6.11. The molecule has 0 N–H and O–H groups in total. The number of aromatic nitrogens is 1. The van der Waals surface area contributed by atoms with Crippen molar-refractivity contribution in [1.82, 2.24) is 4.98 Å². The molecule has 0 unspecified atom stereocenters. The van der Waals surface area contributed by atoms with Crippen LogP contribution >= 0.6 is 0 Å². The van der Waals surface area contributed by atoms with Gasteiger partial charge in [-0.2, -0.15) is 0 Å². The van der Waals surface area contributed by atoms with Crippen molar-refractivity contribution >= 4 is 11.6 Å². The molecule has 0 aliphatic rings. The maximum absolute atomic E-state index is 12.2. The van der Waals surface area contributed by atoms with E-state index < -0.39 is 0 Å². The van der Waals surface area contributed by atoms with E-state index in [1.165, 1.54) is 0 Å². The lowest BCUT2D eigenvalue weighted by Gasteiger charge is -2.06. The van der Waals surface area contributed by atoms with Gasteiger partial charge in [-0.05, 0) is 37.6 Å². The quantitative estimate of drug-likeness (QED) is 0.621. The predicted molar refractivity (Wildman–Crippen MR) is 73.4 cm³/mol. The van der Waals surface area contributed by atoms with Gasteiger partial charge in [-0.25, -0.2) is 0 Å². The zero-order valence-corrected chi connectivity index (χ0v) is 11.0. The summed E-state index contributed by atoms with van der Waals surface area (Å²) in [5.41, 5.74) is 3.07. The maximum Gasteiger partial charge on any atom is 0.170 e. The largest absolute Gasteiger partial charge is 0.294 e. The third kappa shape index (κ3) is 3.13. The molecule has 0 saturated heterocycles. The van der Waals surface area contributed by atoms with Gasteiger partial charge in [0.1, 0.15) is 0 Å². The Morgan fingerprint density at radius 2 is 1.68 bits per heavy atom. The van der Waals surface area contributed by atoms with Crippen LogP contribution in [0, 0.1) is 13.8 Å². The van der Waals surface area contributed by atoms with Gasteiger partial charge < -0.3 is 0 Å². The van der Waals surface area contributed by atoms with Gasteiger partial charge in [0.2, 0.25) is 0 Å². The summed E-state index contributed by atoms with van der Waals surface area (Å²) in [4.78, 5) is 28.0. The van der Waals surface area contributed by atoms with Gasteiger partial charge in [-0.3, -0.25) is 14.6 Å². The van der Waals surface area contributed by atoms with Crippen LogP contribution in [-0.2, 0) is 0 Å². The number of hydrogen-bond donors (Lipinski definition) is 0. The van der Waals surface area contributed by atoms with Crippen LogP contribution in [0.25, 0.3) is 0 Å². The average Bonchev–Trinajstić information content (AvgIpc) is 2.42. The Morgan fingerprint density at radius 3 is 2.37 bits per heavy atom. The molecule has 2 aromatic rings. The number of pyridine rings is 1. The second kappa shape index (κ2) is 5.57. The Morgan fingerprint density at radius 1 is 1.00 bits per heavy atom. The molecule has 2 rings (SSSR count). The molecule has 3 nitrogen and oxygen atoms in total. The van der Waals surface area contributed by atoms with Gasteiger partial charge in [0, 0.05) is 23.5 Å². The van der Waals surface area contributed by atoms with Gasteiger partial charge in [0.25, 0.3) is 0 Å². The second-order valence-electron chi connectivity index (χ2n) is 4.58. The number of Topliss-reactive ketones (excluding diaryl/α,β-unsaturated/α-hetero) is 2. The Balaban J connectivity index is 2.18. The summed E-state index contributed by atoms with van der Waals surface area (Å²) < 4.78 is 0. The minimum Gasteiger partial charge on any atom is -0.294 e. The molecule has 0 amide bonds. The van der Waals surface area contributed by atoms with Crippen molar-refractivity contribution in [3.8, 4) is 0 Å². The molecule has 0 fully saturated rings. The van der Waals surface area contributed by atoms with Crippen LogP contribution in [0.15, 0.2) is 42.7 Å². The van der Waals surface area contributed by atoms with Gasteiger partial charge in [0.15, 0.2) is 11.6 Å². The number of aryl methyl sites for hydroxylation is 2. The molecule has 0 bridgehead atoms. The van der Waals surface area contributed by atoms with Crippen LogP contribution in [-0.4, -0.2) is 16.6 Å². The first-order valence-corrected chi connectivity index (χ1v) is 6.11. The Labute approximate surface area is 112 Å². The van der Waals surface area contributed by atoms with Crippen LogP contribution in [0.5, 0.6) is 0 Å². The molecule has 0 saturated carbocycles. The minimum absolute atomic E-state index is 0.103. The van der Waals surface area contributed by atoms with Gasteiger partial charge in [-0.1, -0.05) is 17.7 Å². The lowest BCUT2D eigenvalue weighted by Crippen LogP contribution is -2.10. The zero-order valence-electron chi connectivity index (χ0n) is 11.0. The van der Waals surface area contributed by atoms with E-state index in [0.717, 1.165) is 11.1 Å². The van der Waals surface area contributed by atoms with Crippen LogP contribution in [0.1, 0.15) is 38.3 Å². The van der Waals surface area contributed by atoms with Gasteiger partial charge >= 0.3 is 0 Å². The summed E-state index contributed by atoms with van der Waals surface area (Å²) in [5, 5.41) is 0. The van der Waals surface area contributed by atoms with E-state index >= 15 is 0 Å². The van der Waals surface area contributed by atoms with Crippen molar-refractivity contribution in [3.05, 3.63) is 65.0 Å². The molecule has 19 heavy (non-hydrogen) atoms. The molecule has 0 aliphatic carbocycles. The van der Waals surface area contributed by atoms with E-state index in [4.69, 9.17) is 0 Å². The maximum atomic E-state index is 12.2. The summed E-state index contributed by atoms with van der Waals surface area (Å²) in [5.74, 6) is -0.309.